The van der Waals surface area contributed by atoms with Crippen molar-refractivity contribution in [1.29, 1.82) is 0 Å². The second-order valence-electron chi connectivity index (χ2n) is 5.41. The number of ether oxygens (including phenoxy) is 2. The molecule has 8 nitrogen and oxygen atoms in total. The summed E-state index contributed by atoms with van der Waals surface area (Å²) in [4.78, 5) is 35.0. The maximum absolute atomic E-state index is 12.2. The molecule has 2 rings (SSSR count). The summed E-state index contributed by atoms with van der Waals surface area (Å²) < 4.78 is 10.3. The van der Waals surface area contributed by atoms with Crippen LogP contribution in [0.25, 0.3) is 0 Å². The monoisotopic (exact) mass is 391 g/mol. The number of carbonyl (C=O) groups excluding carboxylic acids is 3. The predicted molar refractivity (Wildman–Crippen MR) is 98.4 cm³/mol. The van der Waals surface area contributed by atoms with E-state index in [2.05, 4.69) is 10.9 Å². The summed E-state index contributed by atoms with van der Waals surface area (Å²) >= 11 is 6.09. The van der Waals surface area contributed by atoms with Gasteiger partial charge in [-0.2, -0.15) is 0 Å². The molecule has 0 aliphatic rings. The van der Waals surface area contributed by atoms with Gasteiger partial charge in [-0.25, -0.2) is 0 Å². The molecule has 142 valence electrons. The quantitative estimate of drug-likeness (QED) is 0.613. The first-order chi connectivity index (χ1) is 12.9. The largest absolute Gasteiger partial charge is 0.493 e. The molecule has 0 bridgehead atoms. The molecule has 9 heteroatoms. The molecule has 4 N–H and O–H groups in total. The molecule has 0 saturated carbocycles. The number of methoxy groups -OCH3 is 1. The molecule has 0 aliphatic carbocycles. The SMILES string of the molecule is COc1cc(C(=O)NNC(=O)Cc2ccccc2)cc(Cl)c1OCC(N)=O. The molecule has 2 aromatic carbocycles. The summed E-state index contributed by atoms with van der Waals surface area (Å²) in [6.07, 6.45) is 0.116. The van der Waals surface area contributed by atoms with Gasteiger partial charge >= 0.3 is 0 Å². The summed E-state index contributed by atoms with van der Waals surface area (Å²) in [5.74, 6) is -1.43. The zero-order valence-corrected chi connectivity index (χ0v) is 15.2. The van der Waals surface area contributed by atoms with Gasteiger partial charge < -0.3 is 15.2 Å². The molecule has 0 heterocycles. The Bertz CT molecular complexity index is 842. The van der Waals surface area contributed by atoms with E-state index in [9.17, 15) is 14.4 Å². The lowest BCUT2D eigenvalue weighted by atomic mass is 10.1. The lowest BCUT2D eigenvalue weighted by Crippen LogP contribution is -2.42. The van der Waals surface area contributed by atoms with E-state index in [0.29, 0.717) is 0 Å². The van der Waals surface area contributed by atoms with E-state index >= 15 is 0 Å². The van der Waals surface area contributed by atoms with Gasteiger partial charge in [-0.15, -0.1) is 0 Å². The van der Waals surface area contributed by atoms with Gasteiger partial charge in [0.05, 0.1) is 18.6 Å². The van der Waals surface area contributed by atoms with Crippen LogP contribution in [-0.2, 0) is 16.0 Å². The number of hydrogen-bond acceptors (Lipinski definition) is 5. The van der Waals surface area contributed by atoms with Gasteiger partial charge in [0.2, 0.25) is 5.91 Å². The molecule has 3 amide bonds. The molecule has 0 unspecified atom stereocenters. The number of benzene rings is 2. The Hall–Kier alpha value is -3.26. The van der Waals surface area contributed by atoms with Crippen molar-refractivity contribution in [1.82, 2.24) is 10.9 Å². The molecule has 27 heavy (non-hydrogen) atoms. The van der Waals surface area contributed by atoms with Crippen LogP contribution in [0.2, 0.25) is 5.02 Å². The van der Waals surface area contributed by atoms with Crippen LogP contribution in [0, 0.1) is 0 Å². The third-order valence-corrected chi connectivity index (χ3v) is 3.65. The minimum absolute atomic E-state index is 0.0522. The van der Waals surface area contributed by atoms with Crippen molar-refractivity contribution in [2.24, 2.45) is 5.73 Å². The third-order valence-electron chi connectivity index (χ3n) is 3.37. The fourth-order valence-corrected chi connectivity index (χ4v) is 2.42. The fraction of sp³-hybridized carbons (Fsp3) is 0.167. The van der Waals surface area contributed by atoms with Gasteiger partial charge in [0.1, 0.15) is 0 Å². The van der Waals surface area contributed by atoms with E-state index in [1.165, 1.54) is 19.2 Å². The zero-order chi connectivity index (χ0) is 19.8. The highest BCUT2D eigenvalue weighted by atomic mass is 35.5. The highest BCUT2D eigenvalue weighted by Gasteiger charge is 2.17. The van der Waals surface area contributed by atoms with Gasteiger partial charge in [-0.05, 0) is 17.7 Å². The summed E-state index contributed by atoms with van der Waals surface area (Å²) in [7, 11) is 1.35. The molecule has 0 spiro atoms. The Morgan fingerprint density at radius 1 is 1.11 bits per heavy atom. The molecular weight excluding hydrogens is 374 g/mol. The van der Waals surface area contributed by atoms with Crippen molar-refractivity contribution in [3.63, 3.8) is 0 Å². The van der Waals surface area contributed by atoms with Crippen LogP contribution >= 0.6 is 11.6 Å². The molecule has 0 aliphatic heterocycles. The van der Waals surface area contributed by atoms with Crippen molar-refractivity contribution in [2.75, 3.05) is 13.7 Å². The standard InChI is InChI=1S/C18H18ClN3O5/c1-26-14-9-12(8-13(19)17(14)27-10-15(20)23)18(25)22-21-16(24)7-11-5-3-2-4-6-11/h2-6,8-9H,7,10H2,1H3,(H2,20,23)(H,21,24)(H,22,25). The first kappa shape index (κ1) is 20.1. The number of halogens is 1. The van der Waals surface area contributed by atoms with Gasteiger partial charge in [0.15, 0.2) is 18.1 Å². The highest BCUT2D eigenvalue weighted by Crippen LogP contribution is 2.36. The summed E-state index contributed by atoms with van der Waals surface area (Å²) in [5.41, 5.74) is 10.6. The highest BCUT2D eigenvalue weighted by molar-refractivity contribution is 6.32. The molecule has 2 aromatic rings. The third kappa shape index (κ3) is 5.89. The number of primary amides is 1. The zero-order valence-electron chi connectivity index (χ0n) is 14.5. The maximum atomic E-state index is 12.2. The van der Waals surface area contributed by atoms with Crippen molar-refractivity contribution in [3.05, 3.63) is 58.6 Å². The molecule has 0 radical (unpaired) electrons. The van der Waals surface area contributed by atoms with Crippen LogP contribution in [-0.4, -0.2) is 31.4 Å². The van der Waals surface area contributed by atoms with Gasteiger partial charge in [-0.3, -0.25) is 25.2 Å². The van der Waals surface area contributed by atoms with Crippen LogP contribution < -0.4 is 26.1 Å². The molecular formula is C18H18ClN3O5. The Labute approximate surface area is 160 Å². The van der Waals surface area contributed by atoms with E-state index in [4.69, 9.17) is 26.8 Å². The van der Waals surface area contributed by atoms with E-state index in [-0.39, 0.29) is 34.4 Å². The maximum Gasteiger partial charge on any atom is 0.269 e. The predicted octanol–water partition coefficient (Wildman–Crippen LogP) is 1.22. The lowest BCUT2D eigenvalue weighted by Gasteiger charge is -2.13. The number of hydrogen-bond donors (Lipinski definition) is 3. The first-order valence-corrected chi connectivity index (χ1v) is 8.20. The van der Waals surface area contributed by atoms with Gasteiger partial charge in [-0.1, -0.05) is 41.9 Å². The van der Waals surface area contributed by atoms with Crippen LogP contribution in [0.1, 0.15) is 15.9 Å². The number of rotatable bonds is 7. The first-order valence-electron chi connectivity index (χ1n) is 7.82. The number of nitrogens with one attached hydrogen (secondary N) is 2. The van der Waals surface area contributed by atoms with Gasteiger partial charge in [0, 0.05) is 5.56 Å². The van der Waals surface area contributed by atoms with Crippen molar-refractivity contribution in [2.45, 2.75) is 6.42 Å². The molecule has 0 fully saturated rings. The van der Waals surface area contributed by atoms with Crippen molar-refractivity contribution in [3.8, 4) is 11.5 Å². The van der Waals surface area contributed by atoms with E-state index in [0.717, 1.165) is 5.56 Å². The van der Waals surface area contributed by atoms with Crippen LogP contribution in [0.3, 0.4) is 0 Å². The Morgan fingerprint density at radius 3 is 2.44 bits per heavy atom. The lowest BCUT2D eigenvalue weighted by molar-refractivity contribution is -0.121. The Balaban J connectivity index is 2.02. The minimum atomic E-state index is -0.684. The van der Waals surface area contributed by atoms with Crippen molar-refractivity contribution < 1.29 is 23.9 Å². The molecule has 0 aromatic heterocycles. The van der Waals surface area contributed by atoms with Crippen LogP contribution in [0.5, 0.6) is 11.5 Å². The van der Waals surface area contributed by atoms with E-state index in [1.54, 1.807) is 12.1 Å². The van der Waals surface area contributed by atoms with E-state index in [1.807, 2.05) is 18.2 Å². The number of carbonyl (C=O) groups is 3. The smallest absolute Gasteiger partial charge is 0.269 e. The number of hydrazine groups is 1. The van der Waals surface area contributed by atoms with E-state index < -0.39 is 18.4 Å². The van der Waals surface area contributed by atoms with Crippen molar-refractivity contribution >= 4 is 29.3 Å². The average Bonchev–Trinajstić information content (AvgIpc) is 2.65. The fourth-order valence-electron chi connectivity index (χ4n) is 2.16. The molecule has 0 atom stereocenters. The normalized spacial score (nSPS) is 10.0. The van der Waals surface area contributed by atoms with Gasteiger partial charge in [0.25, 0.3) is 11.8 Å². The summed E-state index contributed by atoms with van der Waals surface area (Å²) in [5, 5.41) is 0.0522. The average molecular weight is 392 g/mol. The second kappa shape index (κ2) is 9.44. The van der Waals surface area contributed by atoms with Crippen LogP contribution in [0.4, 0.5) is 0 Å². The van der Waals surface area contributed by atoms with Crippen LogP contribution in [0.15, 0.2) is 42.5 Å². The number of amides is 3. The topological polar surface area (TPSA) is 120 Å². The molecule has 0 saturated heterocycles. The Morgan fingerprint density at radius 2 is 1.81 bits per heavy atom. The summed E-state index contributed by atoms with van der Waals surface area (Å²) in [6, 6.07) is 11.8. The Kier molecular flexibility index (Phi) is 7.01. The summed E-state index contributed by atoms with van der Waals surface area (Å²) in [6.45, 7) is -0.392. The number of nitrogens with two attached hydrogens (primary N) is 1. The minimum Gasteiger partial charge on any atom is -0.493 e. The second-order valence-corrected chi connectivity index (χ2v) is 5.82.